The average Bonchev–Trinajstić information content (AvgIpc) is 3.29. The summed E-state index contributed by atoms with van der Waals surface area (Å²) in [5.41, 5.74) is 1.29. The molecule has 2 aromatic heterocycles. The van der Waals surface area contributed by atoms with Crippen LogP contribution >= 0.6 is 11.6 Å². The summed E-state index contributed by atoms with van der Waals surface area (Å²) in [4.78, 5) is 22.2. The van der Waals surface area contributed by atoms with Crippen LogP contribution in [-0.2, 0) is 4.74 Å². The molecule has 1 fully saturated rings. The van der Waals surface area contributed by atoms with Crippen LogP contribution in [-0.4, -0.2) is 62.2 Å². The number of hydrogen-bond acceptors (Lipinski definition) is 7. The van der Waals surface area contributed by atoms with E-state index in [2.05, 4.69) is 15.2 Å². The molecule has 1 aromatic carbocycles. The highest BCUT2D eigenvalue weighted by atomic mass is 35.5. The first-order valence-corrected chi connectivity index (χ1v) is 9.80. The number of benzene rings is 1. The fourth-order valence-electron chi connectivity index (χ4n) is 3.32. The molecule has 10 heteroatoms. The van der Waals surface area contributed by atoms with Crippen LogP contribution in [0, 0.1) is 0 Å². The third kappa shape index (κ3) is 4.00. The second-order valence-electron chi connectivity index (χ2n) is 8.06. The summed E-state index contributed by atoms with van der Waals surface area (Å²) in [6.45, 7) is 9.22. The van der Waals surface area contributed by atoms with Crippen molar-refractivity contribution in [2.45, 2.75) is 39.3 Å². The largest absolute Gasteiger partial charge is 0.444 e. The lowest BCUT2D eigenvalue weighted by Crippen LogP contribution is -2.54. The van der Waals surface area contributed by atoms with Gasteiger partial charge in [0.2, 0.25) is 0 Å². The number of halogens is 1. The highest BCUT2D eigenvalue weighted by molar-refractivity contribution is 6.31. The van der Waals surface area contributed by atoms with Gasteiger partial charge < -0.3 is 19.0 Å². The van der Waals surface area contributed by atoms with Gasteiger partial charge in [0.05, 0.1) is 12.4 Å². The fourth-order valence-corrected chi connectivity index (χ4v) is 3.52. The van der Waals surface area contributed by atoms with Crippen molar-refractivity contribution in [1.82, 2.24) is 24.9 Å². The van der Waals surface area contributed by atoms with Gasteiger partial charge in [0, 0.05) is 30.7 Å². The van der Waals surface area contributed by atoms with Gasteiger partial charge in [-0.1, -0.05) is 11.6 Å². The molecule has 0 radical (unpaired) electrons. The molecule has 4 rings (SSSR count). The first-order valence-electron chi connectivity index (χ1n) is 9.42. The number of piperazine rings is 1. The lowest BCUT2D eigenvalue weighted by Gasteiger charge is -2.39. The van der Waals surface area contributed by atoms with E-state index in [1.54, 1.807) is 29.4 Å². The maximum Gasteiger partial charge on any atom is 0.410 e. The van der Waals surface area contributed by atoms with E-state index < -0.39 is 5.60 Å². The van der Waals surface area contributed by atoms with Gasteiger partial charge >= 0.3 is 6.09 Å². The fraction of sp³-hybridized carbons (Fsp3) is 0.474. The number of rotatable bonds is 2. The maximum atomic E-state index is 12.4. The van der Waals surface area contributed by atoms with Crippen LogP contribution in [0.3, 0.4) is 0 Å². The van der Waals surface area contributed by atoms with Crippen molar-refractivity contribution in [3.05, 3.63) is 29.5 Å². The van der Waals surface area contributed by atoms with Gasteiger partial charge in [0.15, 0.2) is 5.58 Å². The second-order valence-corrected chi connectivity index (χ2v) is 8.49. The molecule has 1 aliphatic rings. The molecular formula is C19H23ClN6O3. The Labute approximate surface area is 173 Å². The number of aromatic nitrogens is 4. The minimum Gasteiger partial charge on any atom is -0.444 e. The normalized spacial score (nSPS) is 17.8. The predicted molar refractivity (Wildman–Crippen MR) is 109 cm³/mol. The van der Waals surface area contributed by atoms with Crippen LogP contribution in [0.5, 0.6) is 0 Å². The number of anilines is 1. The van der Waals surface area contributed by atoms with Crippen LogP contribution in [0.2, 0.25) is 5.02 Å². The summed E-state index contributed by atoms with van der Waals surface area (Å²) in [7, 11) is 0. The molecule has 0 unspecified atom stereocenters. The second kappa shape index (κ2) is 7.22. The van der Waals surface area contributed by atoms with E-state index in [1.807, 2.05) is 32.6 Å². The van der Waals surface area contributed by atoms with Gasteiger partial charge in [0.1, 0.15) is 16.8 Å². The lowest BCUT2D eigenvalue weighted by molar-refractivity contribution is 0.0216. The highest BCUT2D eigenvalue weighted by Crippen LogP contribution is 2.31. The molecule has 1 atom stereocenters. The number of carbonyl (C=O) groups excluding carboxylic acids is 1. The molecule has 3 aromatic rings. The summed E-state index contributed by atoms with van der Waals surface area (Å²) in [5, 5.41) is 8.84. The summed E-state index contributed by atoms with van der Waals surface area (Å²) in [6.07, 6.45) is 2.87. The highest BCUT2D eigenvalue weighted by Gasteiger charge is 2.32. The minimum absolute atomic E-state index is 0.00563. The van der Waals surface area contributed by atoms with Gasteiger partial charge in [0.25, 0.3) is 6.01 Å². The quantitative estimate of drug-likeness (QED) is 0.629. The van der Waals surface area contributed by atoms with Gasteiger partial charge in [-0.2, -0.15) is 15.2 Å². The Balaban J connectivity index is 1.58. The van der Waals surface area contributed by atoms with Crippen molar-refractivity contribution in [3.8, 4) is 5.69 Å². The number of nitrogens with zero attached hydrogens (tertiary/aromatic N) is 6. The zero-order valence-corrected chi connectivity index (χ0v) is 17.5. The molecule has 1 saturated heterocycles. The standard InChI is InChI=1S/C19H23ClN6O3/c1-12-11-24(18(27)29-19(2,3)4)7-8-25(12)17-23-14-9-13(20)10-15(16(14)28-17)26-21-5-6-22-26/h5-6,9-10,12H,7-8,11H2,1-4H3/t12-/m0/s1. The van der Waals surface area contributed by atoms with Crippen molar-refractivity contribution in [3.63, 3.8) is 0 Å². The molecule has 154 valence electrons. The monoisotopic (exact) mass is 418 g/mol. The van der Waals surface area contributed by atoms with Crippen LogP contribution in [0.1, 0.15) is 27.7 Å². The van der Waals surface area contributed by atoms with Crippen molar-refractivity contribution in [2.24, 2.45) is 0 Å². The third-order valence-corrected chi connectivity index (χ3v) is 4.80. The first kappa shape index (κ1) is 19.5. The number of hydrogen-bond donors (Lipinski definition) is 0. The third-order valence-electron chi connectivity index (χ3n) is 4.58. The maximum absolute atomic E-state index is 12.4. The topological polar surface area (TPSA) is 89.5 Å². The lowest BCUT2D eigenvalue weighted by atomic mass is 10.2. The Kier molecular flexibility index (Phi) is 4.85. The molecule has 0 saturated carbocycles. The summed E-state index contributed by atoms with van der Waals surface area (Å²) >= 11 is 6.25. The zero-order chi connectivity index (χ0) is 20.8. The predicted octanol–water partition coefficient (Wildman–Crippen LogP) is 3.51. The van der Waals surface area contributed by atoms with E-state index in [9.17, 15) is 4.79 Å². The molecule has 9 nitrogen and oxygen atoms in total. The molecule has 1 aliphatic heterocycles. The minimum atomic E-state index is -0.520. The van der Waals surface area contributed by atoms with Crippen molar-refractivity contribution >= 4 is 34.8 Å². The number of fused-ring (bicyclic) bond motifs is 1. The Bertz CT molecular complexity index is 1030. The summed E-state index contributed by atoms with van der Waals surface area (Å²) < 4.78 is 11.6. The Morgan fingerprint density at radius 2 is 1.97 bits per heavy atom. The van der Waals surface area contributed by atoms with Gasteiger partial charge in [-0.25, -0.2) is 4.79 Å². The van der Waals surface area contributed by atoms with Crippen LogP contribution in [0.15, 0.2) is 28.9 Å². The van der Waals surface area contributed by atoms with Crippen molar-refractivity contribution in [2.75, 3.05) is 24.5 Å². The number of amides is 1. The van der Waals surface area contributed by atoms with E-state index in [4.69, 9.17) is 20.8 Å². The molecule has 29 heavy (non-hydrogen) atoms. The molecule has 3 heterocycles. The average molecular weight is 419 g/mol. The van der Waals surface area contributed by atoms with Crippen molar-refractivity contribution in [1.29, 1.82) is 0 Å². The Hall–Kier alpha value is -2.81. The number of oxazole rings is 1. The summed E-state index contributed by atoms with van der Waals surface area (Å²) in [5.74, 6) is 0. The molecule has 1 amide bonds. The number of carbonyl (C=O) groups is 1. The van der Waals surface area contributed by atoms with E-state index in [0.717, 1.165) is 0 Å². The number of ether oxygens (including phenoxy) is 1. The smallest absolute Gasteiger partial charge is 0.410 e. The molecular weight excluding hydrogens is 396 g/mol. The van der Waals surface area contributed by atoms with Gasteiger partial charge in [-0.15, -0.1) is 4.80 Å². The molecule has 0 spiro atoms. The van der Waals surface area contributed by atoms with Crippen LogP contribution < -0.4 is 4.90 Å². The van der Waals surface area contributed by atoms with Crippen molar-refractivity contribution < 1.29 is 13.9 Å². The zero-order valence-electron chi connectivity index (χ0n) is 16.8. The van der Waals surface area contributed by atoms with Crippen LogP contribution in [0.4, 0.5) is 10.8 Å². The Morgan fingerprint density at radius 3 is 2.62 bits per heavy atom. The van der Waals surface area contributed by atoms with E-state index in [0.29, 0.717) is 47.5 Å². The molecule has 0 N–H and O–H groups in total. The Morgan fingerprint density at radius 1 is 1.24 bits per heavy atom. The van der Waals surface area contributed by atoms with E-state index in [-0.39, 0.29) is 12.1 Å². The SMILES string of the molecule is C[C@H]1CN(C(=O)OC(C)(C)C)CCN1c1nc2cc(Cl)cc(-n3nccn3)c2o1. The van der Waals surface area contributed by atoms with Crippen LogP contribution in [0.25, 0.3) is 16.8 Å². The van der Waals surface area contributed by atoms with E-state index in [1.165, 1.54) is 4.80 Å². The van der Waals surface area contributed by atoms with Gasteiger partial charge in [-0.05, 0) is 39.8 Å². The van der Waals surface area contributed by atoms with Gasteiger partial charge in [-0.3, -0.25) is 0 Å². The molecule has 0 aliphatic carbocycles. The van der Waals surface area contributed by atoms with E-state index >= 15 is 0 Å². The summed E-state index contributed by atoms with van der Waals surface area (Å²) in [6, 6.07) is 3.97. The molecule has 0 bridgehead atoms. The first-order chi connectivity index (χ1) is 13.7.